The van der Waals surface area contributed by atoms with E-state index in [0.717, 1.165) is 35.6 Å². The maximum atomic E-state index is 4.59. The van der Waals surface area contributed by atoms with E-state index >= 15 is 0 Å². The minimum absolute atomic E-state index is 0.405. The van der Waals surface area contributed by atoms with Crippen LogP contribution in [0.1, 0.15) is 44.9 Å². The van der Waals surface area contributed by atoms with Gasteiger partial charge in [0.05, 0.1) is 0 Å². The molecule has 0 aromatic carbocycles. The highest BCUT2D eigenvalue weighted by Gasteiger charge is 2.32. The van der Waals surface area contributed by atoms with Crippen LogP contribution in [0, 0.1) is 0 Å². The summed E-state index contributed by atoms with van der Waals surface area (Å²) in [6.45, 7) is 3.15. The molecule has 1 aromatic rings. The van der Waals surface area contributed by atoms with E-state index in [1.54, 1.807) is 0 Å². The zero-order chi connectivity index (χ0) is 13.7. The molecular formula is C14H22BrN3S. The van der Waals surface area contributed by atoms with Gasteiger partial charge in [0, 0.05) is 23.8 Å². The summed E-state index contributed by atoms with van der Waals surface area (Å²) in [7, 11) is 0. The van der Waals surface area contributed by atoms with Crippen LogP contribution in [0.3, 0.4) is 0 Å². The first-order valence-electron chi connectivity index (χ1n) is 7.00. The molecule has 1 aliphatic rings. The number of thioether (sulfide) groups is 1. The highest BCUT2D eigenvalue weighted by molar-refractivity contribution is 9.10. The first-order chi connectivity index (χ1) is 9.17. The summed E-state index contributed by atoms with van der Waals surface area (Å²) in [5, 5.41) is 3.52. The quantitative estimate of drug-likeness (QED) is 0.782. The van der Waals surface area contributed by atoms with Gasteiger partial charge in [0.2, 0.25) is 0 Å². The summed E-state index contributed by atoms with van der Waals surface area (Å²) in [5.41, 5.74) is 0. The number of halogens is 1. The Morgan fingerprint density at radius 2 is 2.11 bits per heavy atom. The minimum atomic E-state index is 0.405. The molecule has 1 fully saturated rings. The maximum absolute atomic E-state index is 4.59. The van der Waals surface area contributed by atoms with Crippen LogP contribution in [0.5, 0.6) is 0 Å². The molecule has 0 aliphatic heterocycles. The third kappa shape index (κ3) is 4.09. The molecule has 1 saturated carbocycles. The SMILES string of the molecule is CCCc1nc(Br)cc(NCC2(SC)CCCC2)n1. The Hall–Kier alpha value is -0.290. The van der Waals surface area contributed by atoms with Crippen molar-refractivity contribution in [3.63, 3.8) is 0 Å². The second kappa shape index (κ2) is 6.93. The first kappa shape index (κ1) is 15.1. The summed E-state index contributed by atoms with van der Waals surface area (Å²) in [6, 6.07) is 1.97. The van der Waals surface area contributed by atoms with Gasteiger partial charge in [0.1, 0.15) is 16.2 Å². The second-order valence-corrected chi connectivity index (χ2v) is 7.28. The van der Waals surface area contributed by atoms with Crippen LogP contribution in [0.25, 0.3) is 0 Å². The molecule has 0 saturated heterocycles. The standard InChI is InChI=1S/C14H22BrN3S/c1-3-6-12-17-11(15)9-13(18-12)16-10-14(19-2)7-4-5-8-14/h9H,3-8,10H2,1-2H3,(H,16,17,18). The summed E-state index contributed by atoms with van der Waals surface area (Å²) in [4.78, 5) is 8.99. The van der Waals surface area contributed by atoms with E-state index in [-0.39, 0.29) is 0 Å². The van der Waals surface area contributed by atoms with Gasteiger partial charge in [0.15, 0.2) is 0 Å². The van der Waals surface area contributed by atoms with Crippen molar-refractivity contribution in [2.24, 2.45) is 0 Å². The fourth-order valence-electron chi connectivity index (χ4n) is 2.61. The number of nitrogens with one attached hydrogen (secondary N) is 1. The van der Waals surface area contributed by atoms with Crippen LogP contribution in [0.15, 0.2) is 10.7 Å². The summed E-state index contributed by atoms with van der Waals surface area (Å²) < 4.78 is 1.28. The van der Waals surface area contributed by atoms with Crippen molar-refractivity contribution in [3.8, 4) is 0 Å². The Labute approximate surface area is 128 Å². The van der Waals surface area contributed by atoms with Crippen molar-refractivity contribution in [1.82, 2.24) is 9.97 Å². The van der Waals surface area contributed by atoms with E-state index in [4.69, 9.17) is 0 Å². The molecule has 0 radical (unpaired) electrons. The number of hydrogen-bond donors (Lipinski definition) is 1. The summed E-state index contributed by atoms with van der Waals surface area (Å²) >= 11 is 5.47. The molecule has 0 bridgehead atoms. The van der Waals surface area contributed by atoms with E-state index < -0.39 is 0 Å². The number of rotatable bonds is 6. The number of nitrogens with zero attached hydrogens (tertiary/aromatic N) is 2. The van der Waals surface area contributed by atoms with Gasteiger partial charge in [-0.05, 0) is 41.4 Å². The molecule has 2 rings (SSSR count). The van der Waals surface area contributed by atoms with Crippen LogP contribution < -0.4 is 5.32 Å². The zero-order valence-electron chi connectivity index (χ0n) is 11.7. The Balaban J connectivity index is 2.02. The summed E-state index contributed by atoms with van der Waals surface area (Å²) in [6.07, 6.45) is 9.58. The second-order valence-electron chi connectivity index (χ2n) is 5.19. The molecule has 1 heterocycles. The maximum Gasteiger partial charge on any atom is 0.132 e. The summed E-state index contributed by atoms with van der Waals surface area (Å²) in [5.74, 6) is 1.87. The predicted molar refractivity (Wildman–Crippen MR) is 86.9 cm³/mol. The van der Waals surface area contributed by atoms with Crippen molar-refractivity contribution in [2.45, 2.75) is 50.2 Å². The molecule has 0 unspecified atom stereocenters. The molecule has 0 amide bonds. The third-order valence-electron chi connectivity index (χ3n) is 3.75. The Morgan fingerprint density at radius 1 is 1.37 bits per heavy atom. The van der Waals surface area contributed by atoms with E-state index in [2.05, 4.69) is 44.4 Å². The van der Waals surface area contributed by atoms with Gasteiger partial charge in [-0.15, -0.1) is 0 Å². The van der Waals surface area contributed by atoms with Crippen molar-refractivity contribution >= 4 is 33.5 Å². The Bertz CT molecular complexity index is 419. The van der Waals surface area contributed by atoms with Crippen molar-refractivity contribution in [1.29, 1.82) is 0 Å². The molecule has 1 aliphatic carbocycles. The Kier molecular flexibility index (Phi) is 5.51. The van der Waals surface area contributed by atoms with Gasteiger partial charge < -0.3 is 5.32 Å². The van der Waals surface area contributed by atoms with Crippen LogP contribution >= 0.6 is 27.7 Å². The van der Waals surface area contributed by atoms with Crippen LogP contribution in [-0.4, -0.2) is 27.5 Å². The van der Waals surface area contributed by atoms with Gasteiger partial charge >= 0.3 is 0 Å². The average molecular weight is 344 g/mol. The first-order valence-corrected chi connectivity index (χ1v) is 9.02. The highest BCUT2D eigenvalue weighted by atomic mass is 79.9. The fraction of sp³-hybridized carbons (Fsp3) is 0.714. The van der Waals surface area contributed by atoms with Crippen LogP contribution in [0.4, 0.5) is 5.82 Å². The van der Waals surface area contributed by atoms with Crippen molar-refractivity contribution < 1.29 is 0 Å². The lowest BCUT2D eigenvalue weighted by Crippen LogP contribution is -2.30. The molecular weight excluding hydrogens is 322 g/mol. The zero-order valence-corrected chi connectivity index (χ0v) is 14.1. The van der Waals surface area contributed by atoms with Crippen LogP contribution in [0.2, 0.25) is 0 Å². The van der Waals surface area contributed by atoms with Crippen molar-refractivity contribution in [2.75, 3.05) is 18.1 Å². The third-order valence-corrected chi connectivity index (χ3v) is 5.58. The van der Waals surface area contributed by atoms with Gasteiger partial charge in [-0.1, -0.05) is 19.8 Å². The fourth-order valence-corrected chi connectivity index (χ4v) is 3.95. The number of hydrogen-bond acceptors (Lipinski definition) is 4. The topological polar surface area (TPSA) is 37.8 Å². The van der Waals surface area contributed by atoms with Gasteiger partial charge in [-0.3, -0.25) is 0 Å². The largest absolute Gasteiger partial charge is 0.369 e. The molecule has 3 nitrogen and oxygen atoms in total. The monoisotopic (exact) mass is 343 g/mol. The van der Waals surface area contributed by atoms with E-state index in [1.165, 1.54) is 25.7 Å². The molecule has 19 heavy (non-hydrogen) atoms. The molecule has 0 spiro atoms. The molecule has 1 N–H and O–H groups in total. The predicted octanol–water partition coefficient (Wildman–Crippen LogP) is 4.28. The van der Waals surface area contributed by atoms with Gasteiger partial charge in [0.25, 0.3) is 0 Å². The number of aromatic nitrogens is 2. The van der Waals surface area contributed by atoms with Crippen molar-refractivity contribution in [3.05, 3.63) is 16.5 Å². The van der Waals surface area contributed by atoms with E-state index in [0.29, 0.717) is 4.75 Å². The number of aryl methyl sites for hydroxylation is 1. The molecule has 0 atom stereocenters. The van der Waals surface area contributed by atoms with E-state index in [9.17, 15) is 0 Å². The van der Waals surface area contributed by atoms with Crippen LogP contribution in [-0.2, 0) is 6.42 Å². The molecule has 106 valence electrons. The van der Waals surface area contributed by atoms with Gasteiger partial charge in [-0.25, -0.2) is 9.97 Å². The lowest BCUT2D eigenvalue weighted by molar-refractivity contribution is 0.638. The lowest BCUT2D eigenvalue weighted by Gasteiger charge is -2.27. The Morgan fingerprint density at radius 3 is 2.74 bits per heavy atom. The minimum Gasteiger partial charge on any atom is -0.369 e. The molecule has 5 heteroatoms. The average Bonchev–Trinajstić information content (AvgIpc) is 2.86. The normalized spacial score (nSPS) is 17.6. The van der Waals surface area contributed by atoms with Gasteiger partial charge in [-0.2, -0.15) is 11.8 Å². The smallest absolute Gasteiger partial charge is 0.132 e. The lowest BCUT2D eigenvalue weighted by atomic mass is 10.1. The number of anilines is 1. The molecule has 1 aromatic heterocycles. The van der Waals surface area contributed by atoms with E-state index in [1.807, 2.05) is 17.8 Å². The highest BCUT2D eigenvalue weighted by Crippen LogP contribution is 2.40.